The van der Waals surface area contributed by atoms with Crippen molar-refractivity contribution < 1.29 is 18.0 Å². The molecule has 0 saturated carbocycles. The molecule has 2 aromatic carbocycles. The van der Waals surface area contributed by atoms with Crippen LogP contribution in [0.3, 0.4) is 0 Å². The number of amides is 1. The van der Waals surface area contributed by atoms with Gasteiger partial charge >= 0.3 is 0 Å². The molecule has 4 aromatic rings. The summed E-state index contributed by atoms with van der Waals surface area (Å²) >= 11 is 1.31. The van der Waals surface area contributed by atoms with Crippen LogP contribution in [-0.2, 0) is 11.3 Å². The van der Waals surface area contributed by atoms with Gasteiger partial charge in [0.15, 0.2) is 11.6 Å². The van der Waals surface area contributed by atoms with E-state index in [1.54, 1.807) is 28.1 Å². The normalized spacial score (nSPS) is 16.0. The van der Waals surface area contributed by atoms with Crippen LogP contribution in [0.5, 0.6) is 0 Å². The van der Waals surface area contributed by atoms with Crippen molar-refractivity contribution in [3.8, 4) is 0 Å². The van der Waals surface area contributed by atoms with Gasteiger partial charge in [-0.1, -0.05) is 12.1 Å². The van der Waals surface area contributed by atoms with Crippen molar-refractivity contribution in [2.24, 2.45) is 5.92 Å². The molecular formula is C25H21F3N4O2S. The molecule has 1 fully saturated rings. The number of benzene rings is 2. The summed E-state index contributed by atoms with van der Waals surface area (Å²) < 4.78 is 42.2. The number of nitrogens with one attached hydrogen (secondary N) is 1. The minimum Gasteiger partial charge on any atom is -0.341 e. The van der Waals surface area contributed by atoms with E-state index < -0.39 is 17.6 Å². The third kappa shape index (κ3) is 4.79. The van der Waals surface area contributed by atoms with Crippen molar-refractivity contribution in [2.75, 3.05) is 23.3 Å². The second-order valence-corrected chi connectivity index (χ2v) is 9.38. The Morgan fingerprint density at radius 1 is 1.09 bits per heavy atom. The molecule has 1 aliphatic rings. The van der Waals surface area contributed by atoms with Crippen LogP contribution in [0.15, 0.2) is 58.7 Å². The quantitative estimate of drug-likeness (QED) is 0.430. The van der Waals surface area contributed by atoms with Crippen LogP contribution >= 0.6 is 11.3 Å². The number of aromatic nitrogens is 2. The van der Waals surface area contributed by atoms with Gasteiger partial charge in [-0.15, -0.1) is 11.3 Å². The molecule has 180 valence electrons. The predicted octanol–water partition coefficient (Wildman–Crippen LogP) is 4.78. The summed E-state index contributed by atoms with van der Waals surface area (Å²) in [5.41, 5.74) is 1.31. The van der Waals surface area contributed by atoms with Gasteiger partial charge in [-0.2, -0.15) is 0 Å². The van der Waals surface area contributed by atoms with Crippen LogP contribution < -0.4 is 15.8 Å². The largest absolute Gasteiger partial charge is 0.341 e. The average Bonchev–Trinajstić information content (AvgIpc) is 3.33. The Kier molecular flexibility index (Phi) is 6.29. The van der Waals surface area contributed by atoms with Gasteiger partial charge in [0.05, 0.1) is 18.0 Å². The molecule has 0 spiro atoms. The molecule has 1 amide bonds. The zero-order valence-electron chi connectivity index (χ0n) is 18.5. The minimum atomic E-state index is -1.04. The van der Waals surface area contributed by atoms with Crippen LogP contribution in [0, 0.1) is 23.4 Å². The molecule has 3 heterocycles. The molecule has 6 nitrogen and oxygen atoms in total. The number of nitrogens with zero attached hydrogens (tertiary/aromatic N) is 3. The highest BCUT2D eigenvalue weighted by Gasteiger charge is 2.29. The highest BCUT2D eigenvalue weighted by atomic mass is 32.1. The molecule has 0 unspecified atom stereocenters. The summed E-state index contributed by atoms with van der Waals surface area (Å²) in [4.78, 5) is 32.9. The second kappa shape index (κ2) is 9.53. The first kappa shape index (κ1) is 23.1. The van der Waals surface area contributed by atoms with Crippen LogP contribution in [0.4, 0.5) is 24.8 Å². The van der Waals surface area contributed by atoms with E-state index in [0.717, 1.165) is 17.7 Å². The lowest BCUT2D eigenvalue weighted by molar-refractivity contribution is -0.120. The van der Waals surface area contributed by atoms with Crippen molar-refractivity contribution >= 4 is 39.1 Å². The molecule has 35 heavy (non-hydrogen) atoms. The van der Waals surface area contributed by atoms with Crippen molar-refractivity contribution in [2.45, 2.75) is 19.4 Å². The summed E-state index contributed by atoms with van der Waals surface area (Å²) in [5, 5.41) is 4.46. The highest BCUT2D eigenvalue weighted by Crippen LogP contribution is 2.26. The summed E-state index contributed by atoms with van der Waals surface area (Å²) in [7, 11) is 0. The van der Waals surface area contributed by atoms with Gasteiger partial charge < -0.3 is 10.2 Å². The number of hydrogen-bond donors (Lipinski definition) is 1. The summed E-state index contributed by atoms with van der Waals surface area (Å²) in [6.07, 6.45) is 1.29. The number of carbonyl (C=O) groups excluding carboxylic acids is 1. The Balaban J connectivity index is 1.43. The average molecular weight is 499 g/mol. The molecular weight excluding hydrogens is 477 g/mol. The first-order valence-corrected chi connectivity index (χ1v) is 12.0. The highest BCUT2D eigenvalue weighted by molar-refractivity contribution is 7.17. The first-order valence-electron chi connectivity index (χ1n) is 11.1. The summed E-state index contributed by atoms with van der Waals surface area (Å²) in [5.74, 6) is -2.70. The van der Waals surface area contributed by atoms with Gasteiger partial charge in [0.1, 0.15) is 10.5 Å². The number of hydrogen-bond acceptors (Lipinski definition) is 5. The SMILES string of the molecule is O=C(Nc1ccc(F)c(F)c1)[C@@H]1CCCN(c2nc3ccsc3c(=O)n2Cc2ccc(F)cc2)C1. The van der Waals surface area contributed by atoms with E-state index in [4.69, 9.17) is 4.98 Å². The van der Waals surface area contributed by atoms with E-state index in [2.05, 4.69) is 5.32 Å². The van der Waals surface area contributed by atoms with Gasteiger partial charge in [-0.05, 0) is 54.1 Å². The monoisotopic (exact) mass is 498 g/mol. The molecule has 1 aliphatic heterocycles. The van der Waals surface area contributed by atoms with Crippen LogP contribution in [-0.4, -0.2) is 28.5 Å². The number of anilines is 2. The van der Waals surface area contributed by atoms with Gasteiger partial charge in [0, 0.05) is 24.8 Å². The van der Waals surface area contributed by atoms with Crippen LogP contribution in [0.2, 0.25) is 0 Å². The number of halogens is 3. The van der Waals surface area contributed by atoms with Gasteiger partial charge in [0.2, 0.25) is 11.9 Å². The van der Waals surface area contributed by atoms with Crippen molar-refractivity contribution in [1.29, 1.82) is 0 Å². The number of thiophene rings is 1. The van der Waals surface area contributed by atoms with Gasteiger partial charge in [-0.3, -0.25) is 14.2 Å². The fraction of sp³-hybridized carbons (Fsp3) is 0.240. The molecule has 0 aliphatic carbocycles. The molecule has 1 atom stereocenters. The van der Waals surface area contributed by atoms with E-state index >= 15 is 0 Å². The van der Waals surface area contributed by atoms with E-state index in [0.29, 0.717) is 42.1 Å². The van der Waals surface area contributed by atoms with Gasteiger partial charge in [0.25, 0.3) is 5.56 Å². The zero-order valence-corrected chi connectivity index (χ0v) is 19.3. The topological polar surface area (TPSA) is 67.2 Å². The molecule has 1 saturated heterocycles. The Morgan fingerprint density at radius 3 is 2.66 bits per heavy atom. The Morgan fingerprint density at radius 2 is 1.89 bits per heavy atom. The maximum atomic E-state index is 13.5. The van der Waals surface area contributed by atoms with E-state index in [1.807, 2.05) is 4.90 Å². The molecule has 0 bridgehead atoms. The minimum absolute atomic E-state index is 0.178. The predicted molar refractivity (Wildman–Crippen MR) is 129 cm³/mol. The zero-order chi connectivity index (χ0) is 24.5. The third-order valence-corrected chi connectivity index (χ3v) is 6.95. The number of fused-ring (bicyclic) bond motifs is 1. The number of carbonyl (C=O) groups is 1. The van der Waals surface area contributed by atoms with Crippen molar-refractivity contribution in [1.82, 2.24) is 9.55 Å². The van der Waals surface area contributed by atoms with Crippen molar-refractivity contribution in [3.05, 3.63) is 87.3 Å². The Labute approximate surface area is 202 Å². The molecule has 5 rings (SSSR count). The maximum Gasteiger partial charge on any atom is 0.273 e. The van der Waals surface area contributed by atoms with E-state index in [-0.39, 0.29) is 29.5 Å². The van der Waals surface area contributed by atoms with E-state index in [1.165, 1.54) is 29.5 Å². The smallest absolute Gasteiger partial charge is 0.273 e. The van der Waals surface area contributed by atoms with Gasteiger partial charge in [-0.25, -0.2) is 18.2 Å². The number of rotatable bonds is 5. The molecule has 1 N–H and O–H groups in total. The van der Waals surface area contributed by atoms with Crippen LogP contribution in [0.1, 0.15) is 18.4 Å². The number of piperidine rings is 1. The van der Waals surface area contributed by atoms with E-state index in [9.17, 15) is 22.8 Å². The third-order valence-electron chi connectivity index (χ3n) is 6.06. The fourth-order valence-electron chi connectivity index (χ4n) is 4.28. The fourth-order valence-corrected chi connectivity index (χ4v) is 5.06. The second-order valence-electron chi connectivity index (χ2n) is 8.47. The summed E-state index contributed by atoms with van der Waals surface area (Å²) in [6.45, 7) is 1.11. The molecule has 2 aromatic heterocycles. The molecule has 10 heteroatoms. The lowest BCUT2D eigenvalue weighted by Gasteiger charge is -2.34. The molecule has 0 radical (unpaired) electrons. The first-order chi connectivity index (χ1) is 16.9. The summed E-state index contributed by atoms with van der Waals surface area (Å²) in [6, 6.07) is 10.9. The lowest BCUT2D eigenvalue weighted by atomic mass is 9.97. The lowest BCUT2D eigenvalue weighted by Crippen LogP contribution is -2.43. The Bertz CT molecular complexity index is 1450. The van der Waals surface area contributed by atoms with Crippen molar-refractivity contribution in [3.63, 3.8) is 0 Å². The van der Waals surface area contributed by atoms with Crippen LogP contribution in [0.25, 0.3) is 10.2 Å². The Hall–Kier alpha value is -3.66. The standard InChI is InChI=1S/C25H21F3N4O2S/c26-17-5-3-15(4-6-17)13-32-24(34)22-21(9-11-35-22)30-25(32)31-10-1-2-16(14-31)23(33)29-18-7-8-19(27)20(28)12-18/h3-9,11-12,16H,1-2,10,13-14H2,(H,29,33)/t16-/m1/s1. The maximum absolute atomic E-state index is 13.5.